The Balaban J connectivity index is 1.83. The lowest BCUT2D eigenvalue weighted by atomic mass is 9.99. The number of aromatic nitrogens is 1. The number of rotatable bonds is 3. The van der Waals surface area contributed by atoms with E-state index < -0.39 is 17.6 Å². The molecule has 2 heterocycles. The fourth-order valence-electron chi connectivity index (χ4n) is 3.94. The minimum Gasteiger partial charge on any atom is -0.377 e. The molecule has 1 amide bonds. The fourth-order valence-corrected chi connectivity index (χ4v) is 3.94. The highest BCUT2D eigenvalue weighted by atomic mass is 19.4. The minimum atomic E-state index is -4.56. The summed E-state index contributed by atoms with van der Waals surface area (Å²) in [6.45, 7) is 3.85. The molecule has 0 radical (unpaired) electrons. The van der Waals surface area contributed by atoms with Gasteiger partial charge in [0.05, 0.1) is 34.8 Å². The van der Waals surface area contributed by atoms with Gasteiger partial charge < -0.3 is 10.2 Å². The summed E-state index contributed by atoms with van der Waals surface area (Å²) < 4.78 is 40.8. The zero-order chi connectivity index (χ0) is 23.9. The van der Waals surface area contributed by atoms with Crippen molar-refractivity contribution in [3.63, 3.8) is 0 Å². The van der Waals surface area contributed by atoms with Crippen LogP contribution in [0, 0.1) is 13.8 Å². The quantitative estimate of drug-likeness (QED) is 0.537. The maximum absolute atomic E-state index is 13.6. The Labute approximate surface area is 190 Å². The van der Waals surface area contributed by atoms with Crippen LogP contribution in [-0.4, -0.2) is 30.7 Å². The molecule has 1 aromatic heterocycles. The maximum Gasteiger partial charge on any atom is 0.418 e. The number of fused-ring (bicyclic) bond motifs is 1. The van der Waals surface area contributed by atoms with Crippen LogP contribution < -0.4 is 10.2 Å². The number of halogens is 3. The largest absolute Gasteiger partial charge is 0.418 e. The topological polar surface area (TPSA) is 57.6 Å². The summed E-state index contributed by atoms with van der Waals surface area (Å²) in [5.41, 5.74) is 4.43. The van der Waals surface area contributed by atoms with Crippen molar-refractivity contribution in [3.8, 4) is 11.1 Å². The summed E-state index contributed by atoms with van der Waals surface area (Å²) in [4.78, 5) is 23.0. The molecule has 2 aromatic carbocycles. The second kappa shape index (κ2) is 8.35. The van der Waals surface area contributed by atoms with Crippen molar-refractivity contribution in [3.05, 3.63) is 71.0 Å². The van der Waals surface area contributed by atoms with E-state index in [-0.39, 0.29) is 23.5 Å². The molecule has 5 nitrogen and oxygen atoms in total. The van der Waals surface area contributed by atoms with E-state index in [1.165, 1.54) is 11.0 Å². The number of aliphatic imine (C=N–C) groups is 1. The van der Waals surface area contributed by atoms with Crippen LogP contribution in [0.1, 0.15) is 28.9 Å². The summed E-state index contributed by atoms with van der Waals surface area (Å²) >= 11 is 0. The number of carbonyl (C=O) groups is 1. The molecule has 0 bridgehead atoms. The summed E-state index contributed by atoms with van der Waals surface area (Å²) in [7, 11) is 3.08. The van der Waals surface area contributed by atoms with Gasteiger partial charge in [-0.25, -0.2) is 0 Å². The monoisotopic (exact) mass is 452 g/mol. The normalized spacial score (nSPS) is 13.7. The molecule has 33 heavy (non-hydrogen) atoms. The van der Waals surface area contributed by atoms with Crippen LogP contribution in [0.4, 0.5) is 30.2 Å². The Morgan fingerprint density at radius 3 is 2.24 bits per heavy atom. The van der Waals surface area contributed by atoms with Crippen molar-refractivity contribution in [2.75, 3.05) is 24.3 Å². The number of aryl methyl sites for hydroxylation is 2. The van der Waals surface area contributed by atoms with Crippen LogP contribution in [-0.2, 0) is 11.0 Å². The first-order valence-electron chi connectivity index (χ1n) is 10.4. The van der Waals surface area contributed by atoms with Crippen molar-refractivity contribution in [2.45, 2.75) is 26.4 Å². The molecule has 170 valence electrons. The van der Waals surface area contributed by atoms with Gasteiger partial charge in [0.25, 0.3) is 0 Å². The summed E-state index contributed by atoms with van der Waals surface area (Å²) in [6, 6.07) is 13.9. The maximum atomic E-state index is 13.6. The number of anilines is 2. The van der Waals surface area contributed by atoms with Gasteiger partial charge in [0.15, 0.2) is 0 Å². The van der Waals surface area contributed by atoms with E-state index in [9.17, 15) is 18.0 Å². The van der Waals surface area contributed by atoms with Crippen LogP contribution >= 0.6 is 0 Å². The van der Waals surface area contributed by atoms with E-state index in [4.69, 9.17) is 0 Å². The smallest absolute Gasteiger partial charge is 0.377 e. The summed E-state index contributed by atoms with van der Waals surface area (Å²) in [5.74, 6) is -0.417. The molecule has 3 aromatic rings. The van der Waals surface area contributed by atoms with Gasteiger partial charge in [-0.3, -0.25) is 14.8 Å². The number of nitrogens with one attached hydrogen (secondary N) is 1. The highest BCUT2D eigenvalue weighted by Crippen LogP contribution is 2.43. The number of hydrogen-bond donors (Lipinski definition) is 1. The Bertz CT molecular complexity index is 1260. The molecule has 0 spiro atoms. The standard InChI is InChI=1S/C25H23F3N4O/c1-14-8-18(9-15(2)29-14)16-6-5-7-17(10-16)20-13-24(33)31-21-11-19(25(26,27)28)23(32(3)4)12-22(21)30-20/h5-12H,13H2,1-4H3,(H,31,33). The van der Waals surface area contributed by atoms with Crippen LogP contribution in [0.25, 0.3) is 11.1 Å². The lowest BCUT2D eigenvalue weighted by Gasteiger charge is -2.21. The van der Waals surface area contributed by atoms with Crippen molar-refractivity contribution < 1.29 is 18.0 Å². The second-order valence-electron chi connectivity index (χ2n) is 8.28. The Hall–Kier alpha value is -3.68. The third kappa shape index (κ3) is 4.74. The molecule has 8 heteroatoms. The van der Waals surface area contributed by atoms with Crippen molar-refractivity contribution in [1.82, 2.24) is 4.98 Å². The predicted octanol–water partition coefficient (Wildman–Crippen LogP) is 5.91. The van der Waals surface area contributed by atoms with E-state index in [0.29, 0.717) is 5.71 Å². The molecule has 0 fully saturated rings. The van der Waals surface area contributed by atoms with Gasteiger partial charge in [-0.05, 0) is 60.9 Å². The van der Waals surface area contributed by atoms with Crippen LogP contribution in [0.2, 0.25) is 0 Å². The van der Waals surface area contributed by atoms with E-state index in [2.05, 4.69) is 15.3 Å². The highest BCUT2D eigenvalue weighted by molar-refractivity contribution is 6.17. The number of carbonyl (C=O) groups excluding carboxylic acids is 1. The average Bonchev–Trinajstić information content (AvgIpc) is 2.89. The van der Waals surface area contributed by atoms with Gasteiger partial charge in [0.1, 0.15) is 0 Å². The Morgan fingerprint density at radius 2 is 1.61 bits per heavy atom. The number of alkyl halides is 3. The molecule has 0 saturated heterocycles. The third-order valence-corrected chi connectivity index (χ3v) is 5.37. The predicted molar refractivity (Wildman–Crippen MR) is 124 cm³/mol. The number of amides is 1. The molecule has 1 N–H and O–H groups in total. The van der Waals surface area contributed by atoms with Crippen LogP contribution in [0.5, 0.6) is 0 Å². The Kier molecular flexibility index (Phi) is 5.69. The number of hydrogen-bond acceptors (Lipinski definition) is 4. The second-order valence-corrected chi connectivity index (χ2v) is 8.28. The molecular weight excluding hydrogens is 429 g/mol. The molecular formula is C25H23F3N4O. The lowest BCUT2D eigenvalue weighted by Crippen LogP contribution is -2.18. The molecule has 4 rings (SSSR count). The van der Waals surface area contributed by atoms with E-state index >= 15 is 0 Å². The first-order chi connectivity index (χ1) is 15.5. The highest BCUT2D eigenvalue weighted by Gasteiger charge is 2.36. The zero-order valence-electron chi connectivity index (χ0n) is 18.7. The van der Waals surface area contributed by atoms with Crippen molar-refractivity contribution in [1.29, 1.82) is 0 Å². The van der Waals surface area contributed by atoms with Crippen LogP contribution in [0.15, 0.2) is 53.5 Å². The van der Waals surface area contributed by atoms with Gasteiger partial charge in [-0.2, -0.15) is 13.2 Å². The molecule has 0 unspecified atom stereocenters. The van der Waals surface area contributed by atoms with Crippen molar-refractivity contribution >= 4 is 28.7 Å². The SMILES string of the molecule is Cc1cc(-c2cccc(C3=Nc4cc(N(C)C)c(C(F)(F)F)cc4NC(=O)C3)c2)cc(C)n1. The summed E-state index contributed by atoms with van der Waals surface area (Å²) in [5, 5.41) is 2.58. The van der Waals surface area contributed by atoms with Gasteiger partial charge in [0.2, 0.25) is 5.91 Å². The molecule has 1 aliphatic heterocycles. The third-order valence-electron chi connectivity index (χ3n) is 5.37. The van der Waals surface area contributed by atoms with Crippen molar-refractivity contribution in [2.24, 2.45) is 4.99 Å². The fraction of sp³-hybridized carbons (Fsp3) is 0.240. The minimum absolute atomic E-state index is 0.0167. The van der Waals surface area contributed by atoms with E-state index in [1.807, 2.05) is 50.2 Å². The zero-order valence-corrected chi connectivity index (χ0v) is 18.7. The van der Waals surface area contributed by atoms with Gasteiger partial charge in [-0.1, -0.05) is 18.2 Å². The lowest BCUT2D eigenvalue weighted by molar-refractivity contribution is -0.137. The summed E-state index contributed by atoms with van der Waals surface area (Å²) in [6.07, 6.45) is -4.61. The Morgan fingerprint density at radius 1 is 0.939 bits per heavy atom. The van der Waals surface area contributed by atoms with Gasteiger partial charge >= 0.3 is 6.18 Å². The van der Waals surface area contributed by atoms with Gasteiger partial charge in [-0.15, -0.1) is 0 Å². The number of nitrogens with zero attached hydrogens (tertiary/aromatic N) is 3. The van der Waals surface area contributed by atoms with E-state index in [0.717, 1.165) is 34.1 Å². The number of pyridine rings is 1. The molecule has 0 atom stereocenters. The first kappa shape index (κ1) is 22.5. The number of benzene rings is 2. The first-order valence-corrected chi connectivity index (χ1v) is 10.4. The molecule has 1 aliphatic rings. The average molecular weight is 452 g/mol. The van der Waals surface area contributed by atoms with Gasteiger partial charge in [0, 0.05) is 25.5 Å². The molecule has 0 aliphatic carbocycles. The molecule has 0 saturated carbocycles. The van der Waals surface area contributed by atoms with Crippen LogP contribution in [0.3, 0.4) is 0 Å². The van der Waals surface area contributed by atoms with E-state index in [1.54, 1.807) is 14.1 Å².